The third kappa shape index (κ3) is 7.17. The molecule has 0 spiro atoms. The number of hydrogen-bond acceptors (Lipinski definition) is 7. The minimum Gasteiger partial charge on any atom is -0.360 e. The van der Waals surface area contributed by atoms with Gasteiger partial charge in [0.1, 0.15) is 22.7 Å². The highest BCUT2D eigenvalue weighted by atomic mass is 16.5. The third-order valence-electron chi connectivity index (χ3n) is 9.01. The number of carbonyl (C=O) groups is 2. The predicted octanol–water partition coefficient (Wildman–Crippen LogP) is 6.95. The number of aromatic nitrogens is 3. The average Bonchev–Trinajstić information content (AvgIpc) is 3.67. The molecule has 0 saturated heterocycles. The molecule has 0 aliphatic carbocycles. The van der Waals surface area contributed by atoms with Crippen molar-refractivity contribution in [2.24, 2.45) is 7.05 Å². The van der Waals surface area contributed by atoms with Crippen LogP contribution in [0.5, 0.6) is 0 Å². The molecule has 1 N–H and O–H groups in total. The number of anilines is 1. The number of pyridine rings is 1. The van der Waals surface area contributed by atoms with Crippen molar-refractivity contribution in [1.29, 1.82) is 0 Å². The van der Waals surface area contributed by atoms with Crippen LogP contribution in [0.1, 0.15) is 39.4 Å². The van der Waals surface area contributed by atoms with Crippen LogP contribution < -0.4 is 5.32 Å². The smallest absolute Gasteiger partial charge is 0.270 e. The van der Waals surface area contributed by atoms with Crippen LogP contribution in [0.15, 0.2) is 89.7 Å². The monoisotopic (exact) mass is 671 g/mol. The molecule has 10 nitrogen and oxygen atoms in total. The van der Waals surface area contributed by atoms with Gasteiger partial charge in [-0.3, -0.25) is 14.6 Å². The lowest BCUT2D eigenvalue weighted by molar-refractivity contribution is 0.0735. The van der Waals surface area contributed by atoms with Crippen molar-refractivity contribution in [2.75, 3.05) is 59.7 Å². The van der Waals surface area contributed by atoms with Gasteiger partial charge in [0.05, 0.1) is 11.4 Å². The molecule has 3 aromatic carbocycles. The summed E-state index contributed by atoms with van der Waals surface area (Å²) in [4.78, 5) is 38.9. The van der Waals surface area contributed by atoms with Crippen LogP contribution in [0.3, 0.4) is 0 Å². The Kier molecular flexibility index (Phi) is 10.4. The molecular weight excluding hydrogens is 626 g/mol. The summed E-state index contributed by atoms with van der Waals surface area (Å²) in [5, 5.41) is 11.4. The lowest BCUT2D eigenvalue weighted by Gasteiger charge is -2.24. The first-order chi connectivity index (χ1) is 24.1. The molecule has 10 heteroatoms. The Morgan fingerprint density at radius 1 is 0.780 bits per heavy atom. The maximum atomic E-state index is 14.2. The van der Waals surface area contributed by atoms with E-state index in [0.717, 1.165) is 64.3 Å². The maximum Gasteiger partial charge on any atom is 0.270 e. The molecule has 0 radical (unpaired) electrons. The van der Waals surface area contributed by atoms with Gasteiger partial charge in [-0.2, -0.15) is 0 Å². The fourth-order valence-electron chi connectivity index (χ4n) is 6.65. The maximum absolute atomic E-state index is 14.2. The number of rotatable bonds is 13. The Morgan fingerprint density at radius 3 is 1.88 bits per heavy atom. The first-order valence-electron chi connectivity index (χ1n) is 17.0. The van der Waals surface area contributed by atoms with E-state index in [4.69, 9.17) is 9.51 Å². The first-order valence-corrected chi connectivity index (χ1v) is 17.0. The van der Waals surface area contributed by atoms with E-state index in [1.807, 2.05) is 94.7 Å². The van der Waals surface area contributed by atoms with E-state index in [0.29, 0.717) is 41.5 Å². The fraction of sp³-hybridized carbons (Fsp3) is 0.300. The summed E-state index contributed by atoms with van der Waals surface area (Å²) < 4.78 is 7.51. The number of amides is 2. The fourth-order valence-corrected chi connectivity index (χ4v) is 6.65. The number of carbonyl (C=O) groups excluding carboxylic acids is 2. The molecule has 0 fully saturated rings. The van der Waals surface area contributed by atoms with Crippen LogP contribution in [-0.2, 0) is 7.05 Å². The minimum atomic E-state index is -0.362. The van der Waals surface area contributed by atoms with E-state index in [2.05, 4.69) is 32.4 Å². The highest BCUT2D eigenvalue weighted by Crippen LogP contribution is 2.44. The van der Waals surface area contributed by atoms with Gasteiger partial charge in [0.2, 0.25) is 0 Å². The molecular formula is C40H45N7O3. The highest BCUT2D eigenvalue weighted by molar-refractivity contribution is 6.23. The molecule has 0 bridgehead atoms. The standard InChI is InChI=1S/C40H45N7O3/c1-27-35(39(48)42-28-25-34(46(6)26-28)40(49)47(23-13-21-44(2)3)24-14-22-45(4)5)38(43-50-27)37-31-17-9-7-15-29(31)36(33-19-11-12-20-41-33)30-16-8-10-18-32(30)37/h7-12,15-20,25-26H,13-14,21-24H2,1-6H3,(H,42,48). The zero-order valence-corrected chi connectivity index (χ0v) is 29.7. The van der Waals surface area contributed by atoms with Gasteiger partial charge in [0.25, 0.3) is 11.8 Å². The third-order valence-corrected chi connectivity index (χ3v) is 9.01. The second-order valence-corrected chi connectivity index (χ2v) is 13.3. The molecule has 3 heterocycles. The van der Waals surface area contributed by atoms with E-state index in [9.17, 15) is 9.59 Å². The van der Waals surface area contributed by atoms with Gasteiger partial charge >= 0.3 is 0 Å². The van der Waals surface area contributed by atoms with Gasteiger partial charge in [0.15, 0.2) is 0 Å². The van der Waals surface area contributed by atoms with Crippen molar-refractivity contribution in [2.45, 2.75) is 19.8 Å². The summed E-state index contributed by atoms with van der Waals surface area (Å²) >= 11 is 0. The van der Waals surface area contributed by atoms with Crippen molar-refractivity contribution < 1.29 is 14.1 Å². The van der Waals surface area contributed by atoms with Crippen molar-refractivity contribution in [3.8, 4) is 22.5 Å². The molecule has 2 amide bonds. The number of benzene rings is 3. The Bertz CT molecular complexity index is 2060. The largest absolute Gasteiger partial charge is 0.360 e. The molecule has 0 unspecified atom stereocenters. The molecule has 0 aliphatic rings. The lowest BCUT2D eigenvalue weighted by atomic mass is 9.88. The molecule has 0 atom stereocenters. The summed E-state index contributed by atoms with van der Waals surface area (Å²) in [7, 11) is 9.98. The first kappa shape index (κ1) is 34.5. The molecule has 6 rings (SSSR count). The van der Waals surface area contributed by atoms with Crippen molar-refractivity contribution in [1.82, 2.24) is 29.4 Å². The number of nitrogens with zero attached hydrogens (tertiary/aromatic N) is 6. The van der Waals surface area contributed by atoms with Crippen LogP contribution in [-0.4, -0.2) is 95.6 Å². The summed E-state index contributed by atoms with van der Waals surface area (Å²) in [6.45, 7) is 4.84. The topological polar surface area (TPSA) is 99.7 Å². The summed E-state index contributed by atoms with van der Waals surface area (Å²) in [6, 6.07) is 23.9. The zero-order chi connectivity index (χ0) is 35.4. The molecule has 50 heavy (non-hydrogen) atoms. The normalized spacial score (nSPS) is 11.6. The van der Waals surface area contributed by atoms with E-state index in [1.165, 1.54) is 0 Å². The van der Waals surface area contributed by atoms with Crippen LogP contribution in [0.25, 0.3) is 44.1 Å². The molecule has 0 aliphatic heterocycles. The predicted molar refractivity (Wildman–Crippen MR) is 201 cm³/mol. The Labute approximate surface area is 293 Å². The van der Waals surface area contributed by atoms with Gasteiger partial charge < -0.3 is 29.1 Å². The molecule has 258 valence electrons. The van der Waals surface area contributed by atoms with Crippen molar-refractivity contribution >= 4 is 39.0 Å². The van der Waals surface area contributed by atoms with Crippen LogP contribution in [0.4, 0.5) is 5.69 Å². The van der Waals surface area contributed by atoms with Gasteiger partial charge in [-0.1, -0.05) is 59.8 Å². The number of aryl methyl sites for hydroxylation is 2. The van der Waals surface area contributed by atoms with Gasteiger partial charge in [-0.05, 0) is 101 Å². The number of nitrogens with one attached hydrogen (secondary N) is 1. The van der Waals surface area contributed by atoms with Gasteiger partial charge in [-0.25, -0.2) is 0 Å². The molecule has 6 aromatic rings. The van der Waals surface area contributed by atoms with E-state index >= 15 is 0 Å². The van der Waals surface area contributed by atoms with E-state index < -0.39 is 0 Å². The van der Waals surface area contributed by atoms with Crippen LogP contribution in [0, 0.1) is 6.92 Å². The lowest BCUT2D eigenvalue weighted by Crippen LogP contribution is -2.36. The Morgan fingerprint density at radius 2 is 1.34 bits per heavy atom. The van der Waals surface area contributed by atoms with Gasteiger partial charge in [-0.15, -0.1) is 0 Å². The highest BCUT2D eigenvalue weighted by Gasteiger charge is 2.27. The Balaban J connectivity index is 1.35. The summed E-state index contributed by atoms with van der Waals surface area (Å²) in [5.41, 5.74) is 4.54. The van der Waals surface area contributed by atoms with E-state index in [1.54, 1.807) is 30.0 Å². The van der Waals surface area contributed by atoms with E-state index in [-0.39, 0.29) is 11.8 Å². The SMILES string of the molecule is Cc1onc(-c2c3ccccc3c(-c3ccccn3)c3ccccc23)c1C(=O)Nc1cc(C(=O)N(CCCN(C)C)CCCN(C)C)n(C)c1. The number of hydrogen-bond donors (Lipinski definition) is 1. The summed E-state index contributed by atoms with van der Waals surface area (Å²) in [6.07, 6.45) is 5.32. The molecule has 0 saturated carbocycles. The number of fused-ring (bicyclic) bond motifs is 2. The Hall–Kier alpha value is -5.32. The average molecular weight is 672 g/mol. The minimum absolute atomic E-state index is 0.0571. The van der Waals surface area contributed by atoms with Crippen LogP contribution in [0.2, 0.25) is 0 Å². The zero-order valence-electron chi connectivity index (χ0n) is 29.7. The van der Waals surface area contributed by atoms with Crippen LogP contribution >= 0.6 is 0 Å². The van der Waals surface area contributed by atoms with Crippen molar-refractivity contribution in [3.63, 3.8) is 0 Å². The molecule has 3 aromatic heterocycles. The summed E-state index contributed by atoms with van der Waals surface area (Å²) in [5.74, 6) is -0.0166. The second-order valence-electron chi connectivity index (χ2n) is 13.3. The second kappa shape index (κ2) is 15.1. The van der Waals surface area contributed by atoms with Crippen molar-refractivity contribution in [3.05, 3.63) is 102 Å². The van der Waals surface area contributed by atoms with Gasteiger partial charge in [0, 0.05) is 43.7 Å². The quantitative estimate of drug-likeness (QED) is 0.133.